The molecule has 7 rings (SSSR count). The van der Waals surface area contributed by atoms with Gasteiger partial charge in [-0.3, -0.25) is 14.4 Å². The van der Waals surface area contributed by atoms with E-state index in [2.05, 4.69) is 121 Å². The summed E-state index contributed by atoms with van der Waals surface area (Å²) in [4.78, 5) is 44.5. The van der Waals surface area contributed by atoms with Gasteiger partial charge in [-0.05, 0) is 108 Å². The number of hydrogen-bond acceptors (Lipinski definition) is 7. The number of benzene rings is 3. The van der Waals surface area contributed by atoms with Crippen molar-refractivity contribution in [3.63, 3.8) is 0 Å². The summed E-state index contributed by atoms with van der Waals surface area (Å²) in [5, 5.41) is 5.42. The maximum Gasteiger partial charge on any atom is 0.256 e. The molecule has 0 spiro atoms. The van der Waals surface area contributed by atoms with E-state index in [1.54, 1.807) is 35.4 Å². The largest absolute Gasteiger partial charge is 0.370 e. The maximum absolute atomic E-state index is 13.3. The maximum atomic E-state index is 13.3. The molecule has 1 saturated heterocycles. The average Bonchev–Trinajstić information content (AvgIpc) is 3.83. The quantitative estimate of drug-likeness (QED) is 0.0230. The molecule has 1 atom stereocenters. The predicted octanol–water partition coefficient (Wildman–Crippen LogP) is 9.81. The molecule has 1 aromatic heterocycles. The Labute approximate surface area is 375 Å². The van der Waals surface area contributed by atoms with E-state index in [9.17, 15) is 9.59 Å². The number of likely N-dealkylation sites (N-methyl/N-ethyl adjacent to an activating group) is 2. The summed E-state index contributed by atoms with van der Waals surface area (Å²) in [6.45, 7) is 19.8. The monoisotopic (exact) mass is 868 g/mol. The van der Waals surface area contributed by atoms with E-state index in [-0.39, 0.29) is 17.7 Å². The highest BCUT2D eigenvalue weighted by atomic mass is 35.5. The fourth-order valence-corrected chi connectivity index (χ4v) is 9.73. The smallest absolute Gasteiger partial charge is 0.256 e. The van der Waals surface area contributed by atoms with Crippen molar-refractivity contribution in [2.45, 2.75) is 57.7 Å². The molecule has 0 radical (unpaired) electrons. The minimum absolute atomic E-state index is 0.0607. The molecule has 3 heterocycles. The number of rotatable bonds is 20. The van der Waals surface area contributed by atoms with Crippen molar-refractivity contribution in [2.24, 2.45) is 10.9 Å². The zero-order valence-corrected chi connectivity index (χ0v) is 37.5. The normalized spacial score (nSPS) is 15.1. The van der Waals surface area contributed by atoms with Gasteiger partial charge in [-0.15, -0.1) is 17.9 Å². The highest BCUT2D eigenvalue weighted by molar-refractivity contribution is 7.10. The number of fused-ring (bicyclic) bond motifs is 2. The molecule has 4 aromatic rings. The first kappa shape index (κ1) is 44.5. The number of halogens is 1. The number of nitrogens with one attached hydrogen (secondary N) is 2. The van der Waals surface area contributed by atoms with Crippen LogP contribution in [0.1, 0.15) is 67.9 Å². The third kappa shape index (κ3) is 10.1. The number of thiophene rings is 1. The van der Waals surface area contributed by atoms with Crippen LogP contribution in [-0.4, -0.2) is 78.7 Å². The van der Waals surface area contributed by atoms with Crippen LogP contribution in [0.2, 0.25) is 5.02 Å². The van der Waals surface area contributed by atoms with E-state index >= 15 is 0 Å². The van der Waals surface area contributed by atoms with Crippen LogP contribution in [0.5, 0.6) is 0 Å². The Morgan fingerprint density at radius 1 is 1.08 bits per heavy atom. The Morgan fingerprint density at radius 2 is 1.87 bits per heavy atom. The molecule has 2 N–H and O–H groups in total. The Hall–Kier alpha value is -5.52. The molecule has 9 nitrogen and oxygen atoms in total. The van der Waals surface area contributed by atoms with Crippen molar-refractivity contribution in [2.75, 3.05) is 40.3 Å². The van der Waals surface area contributed by atoms with Gasteiger partial charge in [0.1, 0.15) is 11.9 Å². The number of allylic oxidation sites excluding steroid dienone is 3. The molecule has 1 fully saturated rings. The van der Waals surface area contributed by atoms with Gasteiger partial charge < -0.3 is 20.0 Å². The van der Waals surface area contributed by atoms with Crippen molar-refractivity contribution < 1.29 is 14.4 Å². The molecule has 11 heteroatoms. The number of nitrogens with zero attached hydrogens (tertiary/aromatic N) is 4. The molecule has 1 unspecified atom stereocenters. The number of amides is 2. The van der Waals surface area contributed by atoms with Gasteiger partial charge in [0.2, 0.25) is 5.91 Å². The number of likely N-dealkylation sites (tertiary alicyclic amines) is 1. The van der Waals surface area contributed by atoms with E-state index < -0.39 is 6.04 Å². The van der Waals surface area contributed by atoms with Gasteiger partial charge in [0.25, 0.3) is 5.91 Å². The van der Waals surface area contributed by atoms with E-state index in [1.807, 2.05) is 11.5 Å². The number of aryl methyl sites for hydroxylation is 3. The topological polar surface area (TPSA) is 89.5 Å². The summed E-state index contributed by atoms with van der Waals surface area (Å²) >= 11 is 8.23. The number of hydroxylamine groups is 1. The Balaban J connectivity index is 0.932. The number of amidine groups is 1. The minimum atomic E-state index is -0.499. The molecule has 2 amide bonds. The number of carbonyl (C=O) groups is 2. The predicted molar refractivity (Wildman–Crippen MR) is 257 cm³/mol. The standard InChI is InChI=1S/C51H57ClN6O3S/c1-7-10-15-47(50(59)53-5)58-32-44-45(51(58)60)33-62-48(44)23-20-35-16-18-36(19-17-35)29-54-61-25-24-56(6)49(40-30-57(31-40)34(4)8-2)55-46-22-21-39(26-37(46)9-3)43-28-41(52)27-38-13-11-12-14-42(38)43/h7-9,12,14,16-19,21-22,26-28,33,40,47,54H,1-4,10-11,13,15,20,23-25,29-32H2,5-6H3,(H,53,59). The second-order valence-corrected chi connectivity index (χ2v) is 17.5. The molecule has 0 bridgehead atoms. The summed E-state index contributed by atoms with van der Waals surface area (Å²) in [6, 6.07) is 18.6. The van der Waals surface area contributed by atoms with Crippen molar-refractivity contribution in [1.82, 2.24) is 25.5 Å². The highest BCUT2D eigenvalue weighted by Gasteiger charge is 2.38. The van der Waals surface area contributed by atoms with Crippen LogP contribution in [0.25, 0.3) is 23.3 Å². The average molecular weight is 870 g/mol. The number of carbonyl (C=O) groups excluding carboxylic acids is 2. The van der Waals surface area contributed by atoms with Crippen molar-refractivity contribution >= 4 is 58.4 Å². The lowest BCUT2D eigenvalue weighted by Gasteiger charge is -2.43. The second-order valence-electron chi connectivity index (χ2n) is 16.1. The lowest BCUT2D eigenvalue weighted by atomic mass is 9.89. The highest BCUT2D eigenvalue weighted by Crippen LogP contribution is 2.37. The molecule has 322 valence electrons. The van der Waals surface area contributed by atoms with Gasteiger partial charge in [-0.2, -0.15) is 5.48 Å². The van der Waals surface area contributed by atoms with Gasteiger partial charge in [0, 0.05) is 73.4 Å². The van der Waals surface area contributed by atoms with Gasteiger partial charge in [0.15, 0.2) is 0 Å². The van der Waals surface area contributed by atoms with E-state index in [0.717, 1.165) is 94.4 Å². The van der Waals surface area contributed by atoms with E-state index in [1.165, 1.54) is 21.6 Å². The first-order valence-corrected chi connectivity index (χ1v) is 22.6. The fourth-order valence-electron chi connectivity index (χ4n) is 8.45. The van der Waals surface area contributed by atoms with Crippen LogP contribution in [0, 0.1) is 5.92 Å². The van der Waals surface area contributed by atoms with Crippen molar-refractivity contribution in [3.8, 4) is 11.1 Å². The van der Waals surface area contributed by atoms with Crippen LogP contribution >= 0.6 is 22.9 Å². The molecule has 0 saturated carbocycles. The summed E-state index contributed by atoms with van der Waals surface area (Å²) in [5.41, 5.74) is 14.7. The van der Waals surface area contributed by atoms with Crippen molar-refractivity contribution in [1.29, 1.82) is 0 Å². The molecule has 62 heavy (non-hydrogen) atoms. The molecule has 3 aromatic carbocycles. The fraction of sp³-hybridized carbons (Fsp3) is 0.314. The summed E-state index contributed by atoms with van der Waals surface area (Å²) in [6.07, 6.45) is 14.8. The first-order chi connectivity index (χ1) is 30.1. The van der Waals surface area contributed by atoms with Crippen molar-refractivity contribution in [3.05, 3.63) is 159 Å². The SMILES string of the molecule is C=CCCC(C(=O)NC)N1Cc2c(csc2CCc2ccc(CNOCCN(C)C(=Nc3ccc(-c4cc(Cl)cc5c4C=CCC5)cc3C=C)C3CN(C(=C)C=C)C3)cc2)C1=O. The Kier molecular flexibility index (Phi) is 14.8. The summed E-state index contributed by atoms with van der Waals surface area (Å²) < 4.78 is 0. The summed E-state index contributed by atoms with van der Waals surface area (Å²) in [7, 11) is 3.69. The third-order valence-electron chi connectivity index (χ3n) is 12.1. The van der Waals surface area contributed by atoms with E-state index in [0.29, 0.717) is 39.1 Å². The lowest BCUT2D eigenvalue weighted by Crippen LogP contribution is -2.53. The van der Waals surface area contributed by atoms with Gasteiger partial charge >= 0.3 is 0 Å². The number of aliphatic imine (C=N–C) groups is 1. The summed E-state index contributed by atoms with van der Waals surface area (Å²) in [5.74, 6) is 1.01. The van der Waals surface area contributed by atoms with Crippen LogP contribution in [-0.2, 0) is 42.0 Å². The van der Waals surface area contributed by atoms with Crippen LogP contribution in [0.4, 0.5) is 5.69 Å². The minimum Gasteiger partial charge on any atom is -0.370 e. The lowest BCUT2D eigenvalue weighted by molar-refractivity contribution is -0.125. The van der Waals surface area contributed by atoms with E-state index in [4.69, 9.17) is 21.4 Å². The van der Waals surface area contributed by atoms with Gasteiger partial charge in [-0.25, -0.2) is 4.99 Å². The molecule has 3 aliphatic rings. The zero-order valence-electron chi connectivity index (χ0n) is 35.9. The Bertz CT molecular complexity index is 2390. The Morgan fingerprint density at radius 3 is 2.61 bits per heavy atom. The van der Waals surface area contributed by atoms with Crippen LogP contribution in [0.3, 0.4) is 0 Å². The second kappa shape index (κ2) is 20.6. The third-order valence-corrected chi connectivity index (χ3v) is 13.4. The number of hydrogen-bond donors (Lipinski definition) is 2. The zero-order chi connectivity index (χ0) is 43.8. The van der Waals surface area contributed by atoms with Gasteiger partial charge in [-0.1, -0.05) is 86.0 Å². The molecule has 2 aliphatic heterocycles. The first-order valence-electron chi connectivity index (χ1n) is 21.4. The molecular weight excluding hydrogens is 812 g/mol. The molecule has 1 aliphatic carbocycles. The van der Waals surface area contributed by atoms with Crippen LogP contribution < -0.4 is 10.8 Å². The molecular formula is C51H57ClN6O3S. The van der Waals surface area contributed by atoms with Gasteiger partial charge in [0.05, 0.1) is 23.8 Å². The van der Waals surface area contributed by atoms with Crippen LogP contribution in [0.15, 0.2) is 115 Å².